The molecule has 7 nitrogen and oxygen atoms in total. The summed E-state index contributed by atoms with van der Waals surface area (Å²) in [6.45, 7) is 0.376. The van der Waals surface area contributed by atoms with Crippen molar-refractivity contribution in [3.63, 3.8) is 0 Å². The monoisotopic (exact) mass is 402 g/mol. The molecule has 4 rings (SSSR count). The fourth-order valence-corrected chi connectivity index (χ4v) is 3.35. The quantitative estimate of drug-likeness (QED) is 0.533. The van der Waals surface area contributed by atoms with Crippen LogP contribution in [0.25, 0.3) is 22.3 Å². The molecule has 0 aliphatic rings. The van der Waals surface area contributed by atoms with Crippen molar-refractivity contribution in [2.75, 3.05) is 14.2 Å². The van der Waals surface area contributed by atoms with Crippen LogP contribution in [0.3, 0.4) is 0 Å². The molecule has 7 heteroatoms. The molecule has 0 spiro atoms. The molecular formula is C23H22N4O3. The van der Waals surface area contributed by atoms with Gasteiger partial charge in [-0.3, -0.25) is 4.79 Å². The standard InChI is InChI=1S/C23H22N4O3/c1-27-22-18(11-12-19(25-22)17-9-4-5-10-20(17)30-3)21(26-27)23(28)24-14-15-7-6-8-16(13-15)29-2/h4-13H,14H2,1-3H3,(H,24,28). The number of hydrogen-bond donors (Lipinski definition) is 1. The summed E-state index contributed by atoms with van der Waals surface area (Å²) >= 11 is 0. The Morgan fingerprint density at radius 1 is 1.03 bits per heavy atom. The molecule has 0 aliphatic heterocycles. The third kappa shape index (κ3) is 3.69. The predicted molar refractivity (Wildman–Crippen MR) is 115 cm³/mol. The fraction of sp³-hybridized carbons (Fsp3) is 0.174. The lowest BCUT2D eigenvalue weighted by Crippen LogP contribution is -2.23. The maximum Gasteiger partial charge on any atom is 0.272 e. The highest BCUT2D eigenvalue weighted by atomic mass is 16.5. The number of nitrogens with one attached hydrogen (secondary N) is 1. The number of pyridine rings is 1. The van der Waals surface area contributed by atoms with Gasteiger partial charge >= 0.3 is 0 Å². The van der Waals surface area contributed by atoms with Crippen LogP contribution in [0.5, 0.6) is 11.5 Å². The fourth-order valence-electron chi connectivity index (χ4n) is 3.35. The van der Waals surface area contributed by atoms with Crippen LogP contribution in [-0.4, -0.2) is 34.9 Å². The first-order valence-corrected chi connectivity index (χ1v) is 9.49. The molecule has 2 aromatic heterocycles. The van der Waals surface area contributed by atoms with Crippen molar-refractivity contribution in [2.24, 2.45) is 7.05 Å². The number of fused-ring (bicyclic) bond motifs is 1. The third-order valence-electron chi connectivity index (χ3n) is 4.87. The lowest BCUT2D eigenvalue weighted by Gasteiger charge is -2.08. The van der Waals surface area contributed by atoms with Crippen LogP contribution in [0.1, 0.15) is 16.1 Å². The molecule has 2 heterocycles. The van der Waals surface area contributed by atoms with E-state index in [1.54, 1.807) is 25.9 Å². The summed E-state index contributed by atoms with van der Waals surface area (Å²) in [4.78, 5) is 17.5. The van der Waals surface area contributed by atoms with Gasteiger partial charge in [-0.15, -0.1) is 0 Å². The van der Waals surface area contributed by atoms with Crippen LogP contribution in [0.4, 0.5) is 0 Å². The van der Waals surface area contributed by atoms with Crippen LogP contribution >= 0.6 is 0 Å². The molecular weight excluding hydrogens is 380 g/mol. The zero-order chi connectivity index (χ0) is 21.1. The van der Waals surface area contributed by atoms with E-state index in [1.165, 1.54) is 0 Å². The number of hydrogen-bond acceptors (Lipinski definition) is 5. The predicted octanol–water partition coefficient (Wildman–Crippen LogP) is 3.58. The van der Waals surface area contributed by atoms with Crippen molar-refractivity contribution in [1.29, 1.82) is 0 Å². The number of para-hydroxylation sites is 1. The zero-order valence-corrected chi connectivity index (χ0v) is 17.0. The summed E-state index contributed by atoms with van der Waals surface area (Å²) in [5.74, 6) is 1.23. The van der Waals surface area contributed by atoms with E-state index in [0.717, 1.165) is 28.3 Å². The van der Waals surface area contributed by atoms with Crippen LogP contribution in [0.15, 0.2) is 60.7 Å². The molecule has 2 aromatic carbocycles. The Balaban J connectivity index is 1.61. The number of nitrogens with zero attached hydrogens (tertiary/aromatic N) is 3. The van der Waals surface area contributed by atoms with Crippen molar-refractivity contribution in [3.8, 4) is 22.8 Å². The minimum absolute atomic E-state index is 0.254. The minimum atomic E-state index is -0.254. The first kappa shape index (κ1) is 19.4. The summed E-state index contributed by atoms with van der Waals surface area (Å²) in [5.41, 5.74) is 3.55. The molecule has 0 fully saturated rings. The molecule has 0 aliphatic carbocycles. The Morgan fingerprint density at radius 3 is 2.67 bits per heavy atom. The van der Waals surface area contributed by atoms with Crippen molar-refractivity contribution >= 4 is 16.9 Å². The molecule has 0 unspecified atom stereocenters. The second kappa shape index (κ2) is 8.24. The number of ether oxygens (including phenoxy) is 2. The normalized spacial score (nSPS) is 10.8. The lowest BCUT2D eigenvalue weighted by atomic mass is 10.1. The summed E-state index contributed by atoms with van der Waals surface area (Å²) in [6.07, 6.45) is 0. The van der Waals surface area contributed by atoms with E-state index in [4.69, 9.17) is 14.5 Å². The molecule has 0 saturated heterocycles. The minimum Gasteiger partial charge on any atom is -0.497 e. The SMILES string of the molecule is COc1cccc(CNC(=O)c2nn(C)c3nc(-c4ccccc4OC)ccc23)c1. The summed E-state index contributed by atoms with van der Waals surface area (Å²) in [7, 11) is 5.02. The largest absolute Gasteiger partial charge is 0.497 e. The Kier molecular flexibility index (Phi) is 5.34. The number of amides is 1. The number of aryl methyl sites for hydroxylation is 1. The van der Waals surface area contributed by atoms with E-state index >= 15 is 0 Å². The Labute approximate surface area is 174 Å². The van der Waals surface area contributed by atoms with Gasteiger partial charge in [-0.05, 0) is 42.0 Å². The second-order valence-electron chi connectivity index (χ2n) is 6.77. The molecule has 0 atom stereocenters. The van der Waals surface area contributed by atoms with Crippen LogP contribution in [0.2, 0.25) is 0 Å². The van der Waals surface area contributed by atoms with Gasteiger partial charge in [0.1, 0.15) is 11.5 Å². The first-order valence-electron chi connectivity index (χ1n) is 9.49. The maximum absolute atomic E-state index is 12.8. The van der Waals surface area contributed by atoms with Gasteiger partial charge in [0, 0.05) is 19.2 Å². The average molecular weight is 402 g/mol. The Morgan fingerprint density at radius 2 is 1.87 bits per heavy atom. The highest BCUT2D eigenvalue weighted by molar-refractivity contribution is 6.04. The molecule has 0 bridgehead atoms. The van der Waals surface area contributed by atoms with Crippen molar-refractivity contribution in [1.82, 2.24) is 20.1 Å². The molecule has 30 heavy (non-hydrogen) atoms. The van der Waals surface area contributed by atoms with Crippen molar-refractivity contribution < 1.29 is 14.3 Å². The Hall–Kier alpha value is -3.87. The van der Waals surface area contributed by atoms with Crippen LogP contribution in [0, 0.1) is 0 Å². The van der Waals surface area contributed by atoms with E-state index < -0.39 is 0 Å². The van der Waals surface area contributed by atoms with Gasteiger partial charge in [-0.1, -0.05) is 24.3 Å². The number of carbonyl (C=O) groups is 1. The molecule has 1 N–H and O–H groups in total. The topological polar surface area (TPSA) is 78.3 Å². The van der Waals surface area contributed by atoms with E-state index in [9.17, 15) is 4.79 Å². The summed E-state index contributed by atoms with van der Waals surface area (Å²) in [6, 6.07) is 19.0. The third-order valence-corrected chi connectivity index (χ3v) is 4.87. The number of carbonyl (C=O) groups excluding carboxylic acids is 1. The average Bonchev–Trinajstić information content (AvgIpc) is 3.13. The van der Waals surface area contributed by atoms with Crippen molar-refractivity contribution in [2.45, 2.75) is 6.54 Å². The lowest BCUT2D eigenvalue weighted by molar-refractivity contribution is 0.0946. The van der Waals surface area contributed by atoms with Gasteiger partial charge in [0.05, 0.1) is 25.3 Å². The number of benzene rings is 2. The highest BCUT2D eigenvalue weighted by Gasteiger charge is 2.18. The highest BCUT2D eigenvalue weighted by Crippen LogP contribution is 2.30. The molecule has 0 saturated carbocycles. The van der Waals surface area contributed by atoms with Gasteiger partial charge in [0.2, 0.25) is 0 Å². The van der Waals surface area contributed by atoms with Gasteiger partial charge < -0.3 is 14.8 Å². The summed E-state index contributed by atoms with van der Waals surface area (Å²) in [5, 5.41) is 8.01. The van der Waals surface area contributed by atoms with Gasteiger partial charge in [0.15, 0.2) is 11.3 Å². The van der Waals surface area contributed by atoms with E-state index in [0.29, 0.717) is 23.3 Å². The maximum atomic E-state index is 12.8. The first-order chi connectivity index (χ1) is 14.6. The van der Waals surface area contributed by atoms with Crippen LogP contribution < -0.4 is 14.8 Å². The molecule has 4 aromatic rings. The molecule has 1 amide bonds. The van der Waals surface area contributed by atoms with Gasteiger partial charge in [-0.2, -0.15) is 5.10 Å². The zero-order valence-electron chi connectivity index (χ0n) is 17.0. The summed E-state index contributed by atoms with van der Waals surface area (Å²) < 4.78 is 12.3. The number of rotatable bonds is 6. The van der Waals surface area contributed by atoms with Gasteiger partial charge in [0.25, 0.3) is 5.91 Å². The van der Waals surface area contributed by atoms with Crippen molar-refractivity contribution in [3.05, 3.63) is 71.9 Å². The number of methoxy groups -OCH3 is 2. The van der Waals surface area contributed by atoms with Gasteiger partial charge in [-0.25, -0.2) is 9.67 Å². The van der Waals surface area contributed by atoms with Crippen LogP contribution in [-0.2, 0) is 13.6 Å². The Bertz CT molecular complexity index is 1220. The van der Waals surface area contributed by atoms with E-state index in [2.05, 4.69) is 10.4 Å². The molecule has 152 valence electrons. The smallest absolute Gasteiger partial charge is 0.272 e. The van der Waals surface area contributed by atoms with E-state index in [1.807, 2.05) is 60.7 Å². The molecule has 0 radical (unpaired) electrons. The number of aromatic nitrogens is 3. The van der Waals surface area contributed by atoms with E-state index in [-0.39, 0.29) is 5.91 Å². The second-order valence-corrected chi connectivity index (χ2v) is 6.77.